The summed E-state index contributed by atoms with van der Waals surface area (Å²) < 4.78 is 0. The molecular weight excluding hydrogens is 224 g/mol. The largest absolute Gasteiger partial charge is 0.398 e. The Hall–Kier alpha value is -1.48. The second kappa shape index (κ2) is 6.18. The molecule has 1 aromatic carbocycles. The first-order valence-corrected chi connectivity index (χ1v) is 5.29. The highest BCUT2D eigenvalue weighted by Crippen LogP contribution is 2.17. The maximum absolute atomic E-state index is 11.3. The second-order valence-corrected chi connectivity index (χ2v) is 3.69. The summed E-state index contributed by atoms with van der Waals surface area (Å²) >= 11 is 5.76. The van der Waals surface area contributed by atoms with Crippen molar-refractivity contribution in [3.63, 3.8) is 0 Å². The van der Waals surface area contributed by atoms with E-state index < -0.39 is 0 Å². The first kappa shape index (κ1) is 12.6. The van der Waals surface area contributed by atoms with Crippen LogP contribution in [0.3, 0.4) is 0 Å². The predicted octanol–water partition coefficient (Wildman–Crippen LogP) is 2.32. The van der Waals surface area contributed by atoms with Crippen molar-refractivity contribution in [2.45, 2.75) is 13.0 Å². The first-order chi connectivity index (χ1) is 7.63. The number of nitrogens with one attached hydrogen (secondary N) is 1. The molecule has 3 nitrogen and oxygen atoms in total. The Labute approximate surface area is 100 Å². The van der Waals surface area contributed by atoms with Crippen LogP contribution in [0.4, 0.5) is 5.69 Å². The minimum absolute atomic E-state index is 0.155. The molecule has 0 bridgehead atoms. The Balaban J connectivity index is 2.55. The Morgan fingerprint density at radius 1 is 1.56 bits per heavy atom. The van der Waals surface area contributed by atoms with Crippen LogP contribution in [0.2, 0.25) is 5.02 Å². The standard InChI is InChI=1S/C12H14ClN2O/c1-2-3-4-12(16)15-8-9-5-6-10(13)7-11(9)14/h3-7H,1-2,8,14H2,(H,15,16). The number of benzene rings is 1. The molecule has 1 rings (SSSR count). The fraction of sp³-hybridized carbons (Fsp3) is 0.167. The Bertz CT molecular complexity index is 402. The SMILES string of the molecule is [CH2]CC=CC(=O)NCc1ccc(Cl)cc1N. The van der Waals surface area contributed by atoms with Crippen LogP contribution in [-0.2, 0) is 11.3 Å². The number of anilines is 1. The molecule has 0 spiro atoms. The van der Waals surface area contributed by atoms with E-state index in [-0.39, 0.29) is 5.91 Å². The lowest BCUT2D eigenvalue weighted by Crippen LogP contribution is -2.20. The number of amides is 1. The number of hydrogen-bond acceptors (Lipinski definition) is 2. The third-order valence-corrected chi connectivity index (χ3v) is 2.23. The van der Waals surface area contributed by atoms with Gasteiger partial charge in [-0.15, -0.1) is 0 Å². The summed E-state index contributed by atoms with van der Waals surface area (Å²) in [5.74, 6) is -0.155. The van der Waals surface area contributed by atoms with E-state index in [0.717, 1.165) is 5.56 Å². The molecule has 4 heteroatoms. The molecular formula is C12H14ClN2O. The van der Waals surface area contributed by atoms with Gasteiger partial charge in [-0.05, 0) is 37.1 Å². The highest BCUT2D eigenvalue weighted by Gasteiger charge is 2.01. The first-order valence-electron chi connectivity index (χ1n) is 4.91. The van der Waals surface area contributed by atoms with Crippen LogP contribution in [0.15, 0.2) is 30.4 Å². The average Bonchev–Trinajstić information content (AvgIpc) is 2.25. The molecule has 3 N–H and O–H groups in total. The van der Waals surface area contributed by atoms with Gasteiger partial charge in [0.2, 0.25) is 5.91 Å². The van der Waals surface area contributed by atoms with Gasteiger partial charge in [0.25, 0.3) is 0 Å². The Morgan fingerprint density at radius 3 is 2.94 bits per heavy atom. The van der Waals surface area contributed by atoms with Gasteiger partial charge in [0, 0.05) is 17.3 Å². The van der Waals surface area contributed by atoms with Crippen LogP contribution in [0, 0.1) is 6.92 Å². The number of carbonyl (C=O) groups is 1. The van der Waals surface area contributed by atoms with Gasteiger partial charge in [0.15, 0.2) is 0 Å². The minimum atomic E-state index is -0.155. The molecule has 0 saturated heterocycles. The predicted molar refractivity (Wildman–Crippen MR) is 66.8 cm³/mol. The van der Waals surface area contributed by atoms with E-state index in [2.05, 4.69) is 12.2 Å². The van der Waals surface area contributed by atoms with Crippen molar-refractivity contribution >= 4 is 23.2 Å². The quantitative estimate of drug-likeness (QED) is 0.624. The molecule has 0 aliphatic rings. The summed E-state index contributed by atoms with van der Waals surface area (Å²) in [7, 11) is 0. The number of carbonyl (C=O) groups excluding carboxylic acids is 1. The normalized spacial score (nSPS) is 10.6. The summed E-state index contributed by atoms with van der Waals surface area (Å²) in [6.07, 6.45) is 3.75. The molecule has 0 atom stereocenters. The smallest absolute Gasteiger partial charge is 0.243 e. The van der Waals surface area contributed by atoms with Gasteiger partial charge in [-0.3, -0.25) is 4.79 Å². The fourth-order valence-electron chi connectivity index (χ4n) is 1.16. The Kier molecular flexibility index (Phi) is 4.86. The van der Waals surface area contributed by atoms with Crippen LogP contribution >= 0.6 is 11.6 Å². The monoisotopic (exact) mass is 237 g/mol. The van der Waals surface area contributed by atoms with Crippen LogP contribution in [-0.4, -0.2) is 5.91 Å². The summed E-state index contributed by atoms with van der Waals surface area (Å²) in [5.41, 5.74) is 7.17. The number of halogens is 1. The molecule has 16 heavy (non-hydrogen) atoms. The molecule has 0 unspecified atom stereocenters. The van der Waals surface area contributed by atoms with Crippen molar-refractivity contribution in [1.29, 1.82) is 0 Å². The summed E-state index contributed by atoms with van der Waals surface area (Å²) in [6.45, 7) is 3.99. The maximum Gasteiger partial charge on any atom is 0.243 e. The molecule has 0 fully saturated rings. The van der Waals surface area contributed by atoms with Crippen LogP contribution < -0.4 is 11.1 Å². The number of nitrogen functional groups attached to an aromatic ring is 1. The number of rotatable bonds is 4. The number of nitrogens with two attached hydrogens (primary N) is 1. The molecule has 0 aliphatic heterocycles. The summed E-state index contributed by atoms with van der Waals surface area (Å²) in [4.78, 5) is 11.3. The maximum atomic E-state index is 11.3. The molecule has 0 aliphatic carbocycles. The van der Waals surface area contributed by atoms with Crippen molar-refractivity contribution < 1.29 is 4.79 Å². The fourth-order valence-corrected chi connectivity index (χ4v) is 1.34. The summed E-state index contributed by atoms with van der Waals surface area (Å²) in [6, 6.07) is 5.20. The van der Waals surface area contributed by atoms with E-state index in [4.69, 9.17) is 17.3 Å². The zero-order chi connectivity index (χ0) is 12.0. The van der Waals surface area contributed by atoms with Gasteiger partial charge < -0.3 is 11.1 Å². The molecule has 0 aromatic heterocycles. The lowest BCUT2D eigenvalue weighted by molar-refractivity contribution is -0.116. The molecule has 1 radical (unpaired) electrons. The lowest BCUT2D eigenvalue weighted by Gasteiger charge is -2.06. The van der Waals surface area contributed by atoms with Gasteiger partial charge in [0.05, 0.1) is 0 Å². The van der Waals surface area contributed by atoms with Crippen LogP contribution in [0.1, 0.15) is 12.0 Å². The van der Waals surface area contributed by atoms with E-state index in [9.17, 15) is 4.79 Å². The number of hydrogen-bond donors (Lipinski definition) is 2. The van der Waals surface area contributed by atoms with Crippen molar-refractivity contribution in [2.24, 2.45) is 0 Å². The molecule has 85 valence electrons. The van der Waals surface area contributed by atoms with E-state index >= 15 is 0 Å². The third-order valence-electron chi connectivity index (χ3n) is 2.00. The summed E-state index contributed by atoms with van der Waals surface area (Å²) in [5, 5.41) is 3.30. The molecule has 0 saturated carbocycles. The highest BCUT2D eigenvalue weighted by atomic mass is 35.5. The van der Waals surface area contributed by atoms with Crippen molar-refractivity contribution in [3.05, 3.63) is 47.9 Å². The van der Waals surface area contributed by atoms with Crippen molar-refractivity contribution in [3.8, 4) is 0 Å². The van der Waals surface area contributed by atoms with E-state index in [0.29, 0.717) is 23.7 Å². The molecule has 1 aromatic rings. The topological polar surface area (TPSA) is 55.1 Å². The van der Waals surface area contributed by atoms with Gasteiger partial charge in [-0.1, -0.05) is 23.7 Å². The number of allylic oxidation sites excluding steroid dienone is 1. The minimum Gasteiger partial charge on any atom is -0.398 e. The second-order valence-electron chi connectivity index (χ2n) is 3.25. The average molecular weight is 238 g/mol. The van der Waals surface area contributed by atoms with Gasteiger partial charge in [-0.25, -0.2) is 0 Å². The van der Waals surface area contributed by atoms with E-state index in [1.807, 2.05) is 0 Å². The van der Waals surface area contributed by atoms with Crippen LogP contribution in [0.25, 0.3) is 0 Å². The molecule has 0 heterocycles. The van der Waals surface area contributed by atoms with Crippen LogP contribution in [0.5, 0.6) is 0 Å². The zero-order valence-electron chi connectivity index (χ0n) is 8.87. The highest BCUT2D eigenvalue weighted by molar-refractivity contribution is 6.30. The lowest BCUT2D eigenvalue weighted by atomic mass is 10.2. The van der Waals surface area contributed by atoms with Gasteiger partial charge >= 0.3 is 0 Å². The molecule has 1 amide bonds. The van der Waals surface area contributed by atoms with Crippen molar-refractivity contribution in [1.82, 2.24) is 5.32 Å². The van der Waals surface area contributed by atoms with Gasteiger partial charge in [0.1, 0.15) is 0 Å². The zero-order valence-corrected chi connectivity index (χ0v) is 9.63. The van der Waals surface area contributed by atoms with E-state index in [1.54, 1.807) is 24.3 Å². The third kappa shape index (κ3) is 3.95. The van der Waals surface area contributed by atoms with E-state index in [1.165, 1.54) is 6.08 Å². The van der Waals surface area contributed by atoms with Crippen molar-refractivity contribution in [2.75, 3.05) is 5.73 Å². The van der Waals surface area contributed by atoms with Gasteiger partial charge in [-0.2, -0.15) is 0 Å². The Morgan fingerprint density at radius 2 is 2.31 bits per heavy atom.